The van der Waals surface area contributed by atoms with Crippen molar-refractivity contribution >= 4 is 0 Å². The lowest BCUT2D eigenvalue weighted by Gasteiger charge is -2.60. The Bertz CT molecular complexity index is 711. The highest BCUT2D eigenvalue weighted by Gasteiger charge is 2.64. The number of aliphatic hydroxyl groups excluding tert-OH is 2. The van der Waals surface area contributed by atoms with Crippen LogP contribution in [0.25, 0.3) is 0 Å². The summed E-state index contributed by atoms with van der Waals surface area (Å²) >= 11 is 0. The topological polar surface area (TPSA) is 63.9 Å². The number of hydrogen-bond acceptors (Lipinski definition) is 4. The standard InChI is InChI=1S/C27H45NO3/c1-15-4-7-25-27(3,31)21-6-5-17-18(20(21)14-28(25)13-15)11-22-19(17)12-24(30)23-10-16(29)8-9-26(22,23)2/h15-25,29-31H,4-14H2,1-3H3/t15-,16-,17+,18+,19-,20-,21-,22-,23+,24-,25-,26+,27-/m0/s1. The van der Waals surface area contributed by atoms with Crippen molar-refractivity contribution in [3.8, 4) is 0 Å². The number of rotatable bonds is 0. The van der Waals surface area contributed by atoms with Crippen molar-refractivity contribution in [3.05, 3.63) is 0 Å². The third-order valence-electron chi connectivity index (χ3n) is 12.0. The molecule has 0 amide bonds. The van der Waals surface area contributed by atoms with Crippen molar-refractivity contribution < 1.29 is 15.3 Å². The second-order valence-electron chi connectivity index (χ2n) is 13.4. The second kappa shape index (κ2) is 7.17. The lowest BCUT2D eigenvalue weighted by atomic mass is 9.51. The highest BCUT2D eigenvalue weighted by atomic mass is 16.3. The van der Waals surface area contributed by atoms with Gasteiger partial charge in [0.05, 0.1) is 17.8 Å². The number of piperidine rings is 2. The van der Waals surface area contributed by atoms with Gasteiger partial charge in [-0.2, -0.15) is 0 Å². The van der Waals surface area contributed by atoms with Crippen molar-refractivity contribution in [2.75, 3.05) is 13.1 Å². The van der Waals surface area contributed by atoms with E-state index in [0.29, 0.717) is 35.6 Å². The molecule has 0 aromatic carbocycles. The van der Waals surface area contributed by atoms with Crippen molar-refractivity contribution in [1.82, 2.24) is 4.90 Å². The fraction of sp³-hybridized carbons (Fsp3) is 1.00. The minimum atomic E-state index is -0.553. The number of fused-ring (bicyclic) bond motifs is 8. The molecule has 4 aliphatic carbocycles. The molecule has 0 aromatic heterocycles. The van der Waals surface area contributed by atoms with E-state index in [-0.39, 0.29) is 23.5 Å². The molecule has 4 heteroatoms. The van der Waals surface area contributed by atoms with E-state index in [1.54, 1.807) is 0 Å². The minimum absolute atomic E-state index is 0.188. The van der Waals surface area contributed by atoms with E-state index >= 15 is 0 Å². The molecule has 31 heavy (non-hydrogen) atoms. The summed E-state index contributed by atoms with van der Waals surface area (Å²) in [4.78, 5) is 2.68. The van der Waals surface area contributed by atoms with Crippen LogP contribution in [0.3, 0.4) is 0 Å². The summed E-state index contributed by atoms with van der Waals surface area (Å²) in [5.41, 5.74) is -0.365. The molecule has 6 rings (SSSR count). The molecule has 6 fully saturated rings. The quantitative estimate of drug-likeness (QED) is 0.547. The van der Waals surface area contributed by atoms with Gasteiger partial charge in [0, 0.05) is 19.1 Å². The van der Waals surface area contributed by atoms with Crippen LogP contribution < -0.4 is 0 Å². The van der Waals surface area contributed by atoms with Crippen molar-refractivity contribution in [1.29, 1.82) is 0 Å². The summed E-state index contributed by atoms with van der Waals surface area (Å²) in [5, 5.41) is 33.3. The van der Waals surface area contributed by atoms with Gasteiger partial charge in [-0.15, -0.1) is 0 Å². The Balaban J connectivity index is 1.30. The summed E-state index contributed by atoms with van der Waals surface area (Å²) < 4.78 is 0. The third-order valence-corrected chi connectivity index (χ3v) is 12.0. The van der Waals surface area contributed by atoms with Crippen molar-refractivity contribution in [2.45, 2.75) is 102 Å². The monoisotopic (exact) mass is 431 g/mol. The lowest BCUT2D eigenvalue weighted by Crippen LogP contribution is -2.67. The van der Waals surface area contributed by atoms with Gasteiger partial charge in [-0.25, -0.2) is 0 Å². The van der Waals surface area contributed by atoms with E-state index in [1.165, 1.54) is 32.2 Å². The Labute approximate surface area is 188 Å². The fourth-order valence-electron chi connectivity index (χ4n) is 10.6. The van der Waals surface area contributed by atoms with Gasteiger partial charge >= 0.3 is 0 Å². The molecule has 0 aromatic rings. The minimum Gasteiger partial charge on any atom is -0.393 e. The van der Waals surface area contributed by atoms with Gasteiger partial charge in [-0.05, 0) is 117 Å². The van der Waals surface area contributed by atoms with Crippen LogP contribution in [0.1, 0.15) is 78.6 Å². The Morgan fingerprint density at radius 1 is 0.742 bits per heavy atom. The number of hydrogen-bond donors (Lipinski definition) is 3. The normalized spacial score (nSPS) is 61.5. The first-order valence-corrected chi connectivity index (χ1v) is 13.5. The molecule has 3 N–H and O–H groups in total. The molecular weight excluding hydrogens is 386 g/mol. The first-order chi connectivity index (χ1) is 14.7. The van der Waals surface area contributed by atoms with Crippen molar-refractivity contribution in [2.24, 2.45) is 52.8 Å². The van der Waals surface area contributed by atoms with Crippen LogP contribution in [0.15, 0.2) is 0 Å². The Morgan fingerprint density at radius 2 is 1.55 bits per heavy atom. The molecular formula is C27H45NO3. The van der Waals surface area contributed by atoms with Crippen LogP contribution >= 0.6 is 0 Å². The molecule has 0 radical (unpaired) electrons. The fourth-order valence-corrected chi connectivity index (χ4v) is 10.6. The molecule has 6 aliphatic rings. The zero-order valence-electron chi connectivity index (χ0n) is 19.9. The van der Waals surface area contributed by atoms with Crippen LogP contribution in [0.5, 0.6) is 0 Å². The lowest BCUT2D eigenvalue weighted by molar-refractivity contribution is -0.176. The Morgan fingerprint density at radius 3 is 2.35 bits per heavy atom. The van der Waals surface area contributed by atoms with Crippen LogP contribution in [-0.4, -0.2) is 57.2 Å². The van der Waals surface area contributed by atoms with Crippen LogP contribution in [0, 0.1) is 52.8 Å². The van der Waals surface area contributed by atoms with Gasteiger partial charge in [0.15, 0.2) is 0 Å². The summed E-state index contributed by atoms with van der Waals surface area (Å²) in [5.74, 6) is 4.89. The zero-order valence-corrected chi connectivity index (χ0v) is 19.9. The Kier molecular flexibility index (Phi) is 4.94. The molecule has 4 saturated carbocycles. The largest absolute Gasteiger partial charge is 0.393 e. The van der Waals surface area contributed by atoms with E-state index in [1.807, 2.05) is 0 Å². The molecule has 2 heterocycles. The van der Waals surface area contributed by atoms with Crippen LogP contribution in [0.4, 0.5) is 0 Å². The molecule has 0 spiro atoms. The van der Waals surface area contributed by atoms with E-state index < -0.39 is 5.60 Å². The average molecular weight is 432 g/mol. The smallest absolute Gasteiger partial charge is 0.0805 e. The van der Waals surface area contributed by atoms with Gasteiger partial charge in [-0.3, -0.25) is 4.90 Å². The molecule has 0 unspecified atom stereocenters. The SMILES string of the molecule is C[C@H]1CC[C@@H]2N(C1)C[C@H]1[C@@H]3C[C@H]4[C@@H](C[C@H](O)[C@H]5C[C@@H](O)CC[C@@]54C)[C@@H]3CC[C@@H]1[C@]2(C)O. The average Bonchev–Trinajstić information content (AvgIpc) is 3.09. The van der Waals surface area contributed by atoms with Gasteiger partial charge in [0.1, 0.15) is 0 Å². The molecule has 2 aliphatic heterocycles. The predicted molar refractivity (Wildman–Crippen MR) is 121 cm³/mol. The van der Waals surface area contributed by atoms with Gasteiger partial charge in [0.2, 0.25) is 0 Å². The van der Waals surface area contributed by atoms with Gasteiger partial charge < -0.3 is 15.3 Å². The van der Waals surface area contributed by atoms with Crippen molar-refractivity contribution in [3.63, 3.8) is 0 Å². The van der Waals surface area contributed by atoms with Gasteiger partial charge in [0.25, 0.3) is 0 Å². The van der Waals surface area contributed by atoms with Gasteiger partial charge in [-0.1, -0.05) is 13.8 Å². The highest BCUT2D eigenvalue weighted by molar-refractivity contribution is 5.14. The maximum absolute atomic E-state index is 11.8. The van der Waals surface area contributed by atoms with E-state index in [9.17, 15) is 15.3 Å². The second-order valence-corrected chi connectivity index (χ2v) is 13.4. The van der Waals surface area contributed by atoms with E-state index in [0.717, 1.165) is 50.5 Å². The van der Waals surface area contributed by atoms with E-state index in [2.05, 4.69) is 25.7 Å². The Hall–Kier alpha value is -0.160. The summed E-state index contributed by atoms with van der Waals surface area (Å²) in [6.45, 7) is 9.36. The summed E-state index contributed by atoms with van der Waals surface area (Å²) in [6, 6.07) is 0.355. The molecule has 0 bridgehead atoms. The highest BCUT2D eigenvalue weighted by Crippen LogP contribution is 2.67. The summed E-state index contributed by atoms with van der Waals surface area (Å²) in [7, 11) is 0. The van der Waals surface area contributed by atoms with E-state index in [4.69, 9.17) is 0 Å². The van der Waals surface area contributed by atoms with Crippen LogP contribution in [0.2, 0.25) is 0 Å². The number of aliphatic hydroxyl groups is 3. The maximum atomic E-state index is 11.8. The first-order valence-electron chi connectivity index (χ1n) is 13.5. The predicted octanol–water partition coefficient (Wildman–Crippen LogP) is 3.68. The molecule has 176 valence electrons. The zero-order chi connectivity index (χ0) is 21.7. The number of nitrogens with zero attached hydrogens (tertiary/aromatic N) is 1. The first kappa shape index (κ1) is 21.4. The summed E-state index contributed by atoms with van der Waals surface area (Å²) in [6.07, 6.45) is 9.43. The molecule has 2 saturated heterocycles. The third kappa shape index (κ3) is 3.00. The molecule has 13 atom stereocenters. The molecule has 4 nitrogen and oxygen atoms in total. The maximum Gasteiger partial charge on any atom is 0.0805 e. The van der Waals surface area contributed by atoms with Crippen LogP contribution in [-0.2, 0) is 0 Å².